The van der Waals surface area contributed by atoms with Crippen molar-refractivity contribution in [3.05, 3.63) is 82.8 Å². The van der Waals surface area contributed by atoms with Gasteiger partial charge in [-0.25, -0.2) is 13.2 Å². The van der Waals surface area contributed by atoms with E-state index in [9.17, 15) is 22.8 Å². The number of likely N-dealkylation sites (tertiary alicyclic amines) is 1. The van der Waals surface area contributed by atoms with Crippen LogP contribution >= 0.6 is 15.9 Å². The van der Waals surface area contributed by atoms with Crippen molar-refractivity contribution in [3.8, 4) is 11.5 Å². The van der Waals surface area contributed by atoms with Gasteiger partial charge in [0, 0.05) is 29.7 Å². The third-order valence-electron chi connectivity index (χ3n) is 6.48. The van der Waals surface area contributed by atoms with Crippen LogP contribution in [-0.4, -0.2) is 62.5 Å². The maximum absolute atomic E-state index is 13.0. The predicted octanol–water partition coefficient (Wildman–Crippen LogP) is 4.28. The molecule has 0 bridgehead atoms. The summed E-state index contributed by atoms with van der Waals surface area (Å²) in [6.45, 7) is 1.02. The highest BCUT2D eigenvalue weighted by Crippen LogP contribution is 2.31. The summed E-state index contributed by atoms with van der Waals surface area (Å²) in [5.41, 5.74) is 0.437. The lowest BCUT2D eigenvalue weighted by atomic mass is 9.97. The summed E-state index contributed by atoms with van der Waals surface area (Å²) in [4.78, 5) is 37.0. The minimum Gasteiger partial charge on any atom is -0.465 e. The van der Waals surface area contributed by atoms with Gasteiger partial charge in [-0.15, -0.1) is 0 Å². The zero-order chi connectivity index (χ0) is 29.4. The van der Waals surface area contributed by atoms with Crippen molar-refractivity contribution in [1.29, 1.82) is 0 Å². The Morgan fingerprint density at radius 1 is 0.927 bits per heavy atom. The van der Waals surface area contributed by atoms with Crippen molar-refractivity contribution in [2.24, 2.45) is 5.92 Å². The Labute approximate surface area is 246 Å². The van der Waals surface area contributed by atoms with E-state index in [0.717, 1.165) is 4.47 Å². The fourth-order valence-electron chi connectivity index (χ4n) is 4.17. The predicted molar refractivity (Wildman–Crippen MR) is 156 cm³/mol. The van der Waals surface area contributed by atoms with Crippen molar-refractivity contribution in [3.63, 3.8) is 0 Å². The molecule has 0 radical (unpaired) electrons. The van der Waals surface area contributed by atoms with Crippen LogP contribution in [0.2, 0.25) is 0 Å². The van der Waals surface area contributed by atoms with E-state index in [4.69, 9.17) is 9.84 Å². The third kappa shape index (κ3) is 8.44. The van der Waals surface area contributed by atoms with Gasteiger partial charge in [0.25, 0.3) is 15.9 Å². The topological polar surface area (TPSA) is 154 Å². The quantitative estimate of drug-likeness (QED) is 0.257. The molecule has 41 heavy (non-hydrogen) atoms. The van der Waals surface area contributed by atoms with Crippen molar-refractivity contribution < 1.29 is 32.6 Å². The number of amides is 3. The molecule has 0 atom stereocenters. The van der Waals surface area contributed by atoms with E-state index < -0.39 is 22.0 Å². The van der Waals surface area contributed by atoms with Crippen LogP contribution in [0.4, 0.5) is 10.5 Å². The smallest absolute Gasteiger partial charge is 0.407 e. The number of nitrogens with zero attached hydrogens (tertiary/aromatic N) is 1. The number of ether oxygens (including phenoxy) is 1. The van der Waals surface area contributed by atoms with Crippen molar-refractivity contribution in [2.45, 2.75) is 17.7 Å². The lowest BCUT2D eigenvalue weighted by molar-refractivity contribution is -0.120. The number of carbonyl (C=O) groups excluding carboxylic acids is 2. The van der Waals surface area contributed by atoms with E-state index in [1.165, 1.54) is 29.2 Å². The molecule has 0 spiro atoms. The van der Waals surface area contributed by atoms with Gasteiger partial charge in [0.2, 0.25) is 5.91 Å². The molecule has 4 N–H and O–H groups in total. The van der Waals surface area contributed by atoms with Crippen LogP contribution in [0, 0.1) is 5.92 Å². The highest BCUT2D eigenvalue weighted by molar-refractivity contribution is 9.10. The zero-order valence-corrected chi connectivity index (χ0v) is 24.3. The van der Waals surface area contributed by atoms with E-state index in [2.05, 4.69) is 31.3 Å². The van der Waals surface area contributed by atoms with Crippen molar-refractivity contribution in [1.82, 2.24) is 15.5 Å². The number of sulfonamides is 1. The summed E-state index contributed by atoms with van der Waals surface area (Å²) in [5, 5.41) is 14.3. The molecule has 0 unspecified atom stereocenters. The second-order valence-electron chi connectivity index (χ2n) is 9.38. The highest BCUT2D eigenvalue weighted by Gasteiger charge is 2.23. The van der Waals surface area contributed by atoms with Crippen LogP contribution in [0.1, 0.15) is 23.2 Å². The Morgan fingerprint density at radius 3 is 2.24 bits per heavy atom. The second kappa shape index (κ2) is 13.5. The Kier molecular flexibility index (Phi) is 9.84. The maximum Gasteiger partial charge on any atom is 0.407 e. The van der Waals surface area contributed by atoms with Gasteiger partial charge >= 0.3 is 6.09 Å². The van der Waals surface area contributed by atoms with Gasteiger partial charge in [-0.3, -0.25) is 14.3 Å². The number of carbonyl (C=O) groups is 3. The molecule has 11 nitrogen and oxygen atoms in total. The average Bonchev–Trinajstić information content (AvgIpc) is 2.97. The number of para-hydroxylation sites is 2. The molecule has 3 amide bonds. The van der Waals surface area contributed by atoms with Gasteiger partial charge in [0.05, 0.1) is 17.1 Å². The van der Waals surface area contributed by atoms with Gasteiger partial charge in [-0.2, -0.15) is 0 Å². The number of anilines is 1. The molecule has 3 aromatic rings. The monoisotopic (exact) mass is 644 g/mol. The number of hydrogen-bond acceptors (Lipinski definition) is 6. The lowest BCUT2D eigenvalue weighted by Gasteiger charge is -2.29. The summed E-state index contributed by atoms with van der Waals surface area (Å²) in [7, 11) is -4.00. The number of benzene rings is 3. The summed E-state index contributed by atoms with van der Waals surface area (Å²) >= 11 is 3.36. The van der Waals surface area contributed by atoms with Gasteiger partial charge in [0.15, 0.2) is 5.75 Å². The summed E-state index contributed by atoms with van der Waals surface area (Å²) < 4.78 is 35.3. The van der Waals surface area contributed by atoms with Crippen LogP contribution < -0.4 is 20.1 Å². The number of piperidine rings is 1. The first-order valence-electron chi connectivity index (χ1n) is 12.8. The zero-order valence-electron chi connectivity index (χ0n) is 21.9. The van der Waals surface area contributed by atoms with Gasteiger partial charge in [-0.05, 0) is 79.4 Å². The molecule has 4 rings (SSSR count). The molecule has 1 saturated heterocycles. The number of rotatable bonds is 10. The Morgan fingerprint density at radius 2 is 1.59 bits per heavy atom. The molecular formula is C28H29BrN4O7S. The molecule has 3 aromatic carbocycles. The van der Waals surface area contributed by atoms with Gasteiger partial charge in [0.1, 0.15) is 5.75 Å². The second-order valence-corrected chi connectivity index (χ2v) is 12.0. The van der Waals surface area contributed by atoms with Gasteiger partial charge in [-0.1, -0.05) is 28.1 Å². The number of hydrogen-bond donors (Lipinski definition) is 4. The lowest BCUT2D eigenvalue weighted by Crippen LogP contribution is -2.43. The van der Waals surface area contributed by atoms with Crippen LogP contribution in [0.25, 0.3) is 0 Å². The van der Waals surface area contributed by atoms with E-state index in [1.807, 2.05) is 12.1 Å². The van der Waals surface area contributed by atoms with E-state index >= 15 is 0 Å². The summed E-state index contributed by atoms with van der Waals surface area (Å²) in [6, 6.07) is 19.1. The molecule has 1 heterocycles. The van der Waals surface area contributed by atoms with Crippen LogP contribution in [-0.2, 0) is 14.8 Å². The minimum atomic E-state index is -4.00. The minimum absolute atomic E-state index is 0.0563. The first-order valence-corrected chi connectivity index (χ1v) is 15.1. The molecule has 216 valence electrons. The molecule has 0 aromatic heterocycles. The van der Waals surface area contributed by atoms with Crippen molar-refractivity contribution >= 4 is 49.5 Å². The average molecular weight is 646 g/mol. The van der Waals surface area contributed by atoms with Crippen LogP contribution in [0.3, 0.4) is 0 Å². The number of nitrogens with one attached hydrogen (secondary N) is 3. The fraction of sp³-hybridized carbons (Fsp3) is 0.250. The third-order valence-corrected chi connectivity index (χ3v) is 8.39. The highest BCUT2D eigenvalue weighted by atomic mass is 79.9. The maximum atomic E-state index is 13.0. The van der Waals surface area contributed by atoms with E-state index in [1.54, 1.807) is 36.4 Å². The molecular weight excluding hydrogens is 616 g/mol. The Bertz CT molecular complexity index is 1490. The Balaban J connectivity index is 1.28. The van der Waals surface area contributed by atoms with Gasteiger partial charge < -0.3 is 25.4 Å². The molecule has 1 fully saturated rings. The van der Waals surface area contributed by atoms with E-state index in [-0.39, 0.29) is 34.5 Å². The molecule has 1 aliphatic rings. The molecule has 13 heteroatoms. The van der Waals surface area contributed by atoms with Crippen molar-refractivity contribution in [2.75, 3.05) is 30.9 Å². The van der Waals surface area contributed by atoms with E-state index in [0.29, 0.717) is 44.0 Å². The van der Waals surface area contributed by atoms with Crippen LogP contribution in [0.5, 0.6) is 11.5 Å². The summed E-state index contributed by atoms with van der Waals surface area (Å²) in [5.74, 6) is 0.127. The largest absolute Gasteiger partial charge is 0.465 e. The molecule has 1 aliphatic heterocycles. The normalized spacial score (nSPS) is 13.7. The first kappa shape index (κ1) is 29.9. The number of halogens is 1. The Hall–Kier alpha value is -4.10. The summed E-state index contributed by atoms with van der Waals surface area (Å²) in [6.07, 6.45) is 0.379. The SMILES string of the molecule is O=C(CNC(=O)c1ccc(S(=O)(=O)Nc2ccccc2Oc2ccc(Br)cc2)cc1)NCC1CCN(C(=O)O)CC1. The standard InChI is InChI=1S/C28H29BrN4O7S/c29-21-7-9-22(10-8-21)40-25-4-2-1-3-24(25)32-41(38,39)23-11-5-20(6-12-23)27(35)31-18-26(34)30-17-19-13-15-33(16-14-19)28(36)37/h1-12,19,32H,13-18H2,(H,30,34)(H,31,35)(H,36,37). The molecule has 0 aliphatic carbocycles. The fourth-order valence-corrected chi connectivity index (χ4v) is 5.51. The molecule has 0 saturated carbocycles. The van der Waals surface area contributed by atoms with Crippen LogP contribution in [0.15, 0.2) is 82.2 Å². The first-order chi connectivity index (χ1) is 19.6. The number of carboxylic acid groups (broad SMARTS) is 1.